The number of carbonyl (C=O) groups is 1. The van der Waals surface area contributed by atoms with Crippen molar-refractivity contribution in [2.75, 3.05) is 30.3 Å². The van der Waals surface area contributed by atoms with Crippen LogP contribution in [0.1, 0.15) is 21.5 Å². The number of ether oxygens (including phenoxy) is 1. The van der Waals surface area contributed by atoms with Crippen LogP contribution in [0.3, 0.4) is 0 Å². The van der Waals surface area contributed by atoms with Crippen LogP contribution in [-0.2, 0) is 23.1 Å². The minimum Gasteiger partial charge on any atom is -0.492 e. The highest BCUT2D eigenvalue weighted by Crippen LogP contribution is 2.31. The van der Waals surface area contributed by atoms with Crippen LogP contribution in [0.15, 0.2) is 132 Å². The zero-order valence-electron chi connectivity index (χ0n) is 25.0. The molecule has 0 spiro atoms. The van der Waals surface area contributed by atoms with E-state index in [9.17, 15) is 13.2 Å². The van der Waals surface area contributed by atoms with Gasteiger partial charge in [-0.15, -0.1) is 0 Å². The predicted molar refractivity (Wildman–Crippen MR) is 179 cm³/mol. The number of benzene rings is 5. The van der Waals surface area contributed by atoms with Crippen LogP contribution in [0.25, 0.3) is 21.9 Å². The van der Waals surface area contributed by atoms with E-state index in [0.717, 1.165) is 33.1 Å². The number of ketones is 1. The van der Waals surface area contributed by atoms with Gasteiger partial charge in [0.05, 0.1) is 25.0 Å². The molecule has 6 rings (SSSR count). The van der Waals surface area contributed by atoms with E-state index in [4.69, 9.17) is 9.15 Å². The third-order valence-corrected chi connectivity index (χ3v) is 8.81. The van der Waals surface area contributed by atoms with Crippen molar-refractivity contribution in [3.8, 4) is 5.75 Å². The average molecular weight is 619 g/mol. The Morgan fingerprint density at radius 3 is 2.11 bits per heavy atom. The Morgan fingerprint density at radius 1 is 0.711 bits per heavy atom. The van der Waals surface area contributed by atoms with Crippen molar-refractivity contribution < 1.29 is 22.4 Å². The van der Waals surface area contributed by atoms with E-state index in [2.05, 4.69) is 0 Å². The van der Waals surface area contributed by atoms with Crippen LogP contribution < -0.4 is 9.04 Å². The number of carbonyl (C=O) groups excluding carboxylic acids is 1. The van der Waals surface area contributed by atoms with E-state index in [0.29, 0.717) is 36.7 Å². The number of hydrogen-bond donors (Lipinski definition) is 0. The zero-order chi connectivity index (χ0) is 31.2. The summed E-state index contributed by atoms with van der Waals surface area (Å²) >= 11 is 0. The molecule has 0 amide bonds. The first-order valence-electron chi connectivity index (χ1n) is 14.8. The molecular formula is C37H34N2O5S. The summed E-state index contributed by atoms with van der Waals surface area (Å²) in [6, 6.07) is 40.0. The Hall–Kier alpha value is -4.92. The van der Waals surface area contributed by atoms with Crippen molar-refractivity contribution in [3.63, 3.8) is 0 Å². The van der Waals surface area contributed by atoms with Gasteiger partial charge in [-0.05, 0) is 41.5 Å². The molecule has 1 aromatic heterocycles. The minimum atomic E-state index is -3.59. The quantitative estimate of drug-likeness (QED) is 0.126. The first-order chi connectivity index (χ1) is 21.8. The largest absolute Gasteiger partial charge is 0.492 e. The Morgan fingerprint density at radius 2 is 1.38 bits per heavy atom. The van der Waals surface area contributed by atoms with Gasteiger partial charge in [0.15, 0.2) is 5.78 Å². The lowest BCUT2D eigenvalue weighted by Crippen LogP contribution is -2.33. The molecule has 228 valence electrons. The fourth-order valence-electron chi connectivity index (χ4n) is 5.42. The summed E-state index contributed by atoms with van der Waals surface area (Å²) in [5, 5.41) is 2.10. The molecule has 0 fully saturated rings. The van der Waals surface area contributed by atoms with Gasteiger partial charge in [-0.3, -0.25) is 14.0 Å². The molecule has 7 nitrogen and oxygen atoms in total. The molecule has 0 saturated carbocycles. The fourth-order valence-corrected chi connectivity index (χ4v) is 6.30. The highest BCUT2D eigenvalue weighted by molar-refractivity contribution is 7.92. The van der Waals surface area contributed by atoms with Gasteiger partial charge in [0.2, 0.25) is 10.0 Å². The summed E-state index contributed by atoms with van der Waals surface area (Å²) in [6.45, 7) is 1.74. The second kappa shape index (κ2) is 13.4. The van der Waals surface area contributed by atoms with Crippen LogP contribution in [-0.4, -0.2) is 45.1 Å². The van der Waals surface area contributed by atoms with Crippen molar-refractivity contribution in [3.05, 3.63) is 144 Å². The van der Waals surface area contributed by atoms with E-state index < -0.39 is 10.0 Å². The molecule has 0 saturated heterocycles. The molecule has 0 aliphatic heterocycles. The summed E-state index contributed by atoms with van der Waals surface area (Å²) in [6.07, 6.45) is 1.18. The first kappa shape index (κ1) is 30.1. The van der Waals surface area contributed by atoms with Crippen LogP contribution in [0.5, 0.6) is 5.75 Å². The highest BCUT2D eigenvalue weighted by Gasteiger charge is 2.20. The smallest absolute Gasteiger partial charge is 0.232 e. The van der Waals surface area contributed by atoms with Gasteiger partial charge in [-0.2, -0.15) is 0 Å². The van der Waals surface area contributed by atoms with Gasteiger partial charge in [0.25, 0.3) is 0 Å². The third kappa shape index (κ3) is 7.42. The first-order valence-corrected chi connectivity index (χ1v) is 16.6. The normalized spacial score (nSPS) is 11.7. The second-order valence-corrected chi connectivity index (χ2v) is 12.9. The Kier molecular flexibility index (Phi) is 8.96. The predicted octanol–water partition coefficient (Wildman–Crippen LogP) is 7.32. The van der Waals surface area contributed by atoms with Crippen molar-refractivity contribution in [1.29, 1.82) is 0 Å². The van der Waals surface area contributed by atoms with E-state index >= 15 is 0 Å². The monoisotopic (exact) mass is 618 g/mol. The topological polar surface area (TPSA) is 80.1 Å². The summed E-state index contributed by atoms with van der Waals surface area (Å²) in [5.74, 6) is 0.587. The molecule has 0 aliphatic rings. The number of rotatable bonds is 13. The number of anilines is 1. The van der Waals surface area contributed by atoms with Gasteiger partial charge in [0.1, 0.15) is 23.5 Å². The Bertz CT molecular complexity index is 2020. The molecule has 0 unspecified atom stereocenters. The van der Waals surface area contributed by atoms with Crippen LogP contribution in [0, 0.1) is 0 Å². The highest BCUT2D eigenvalue weighted by atomic mass is 32.2. The molecule has 8 heteroatoms. The number of para-hydroxylation sites is 1. The maximum absolute atomic E-state index is 13.6. The van der Waals surface area contributed by atoms with E-state index in [1.165, 1.54) is 10.6 Å². The number of hydrogen-bond acceptors (Lipinski definition) is 6. The lowest BCUT2D eigenvalue weighted by atomic mass is 10.1. The molecule has 6 aromatic rings. The molecule has 0 N–H and O–H groups in total. The van der Waals surface area contributed by atoms with Gasteiger partial charge < -0.3 is 9.15 Å². The number of fused-ring (bicyclic) bond motifs is 3. The molecule has 0 bridgehead atoms. The van der Waals surface area contributed by atoms with Crippen molar-refractivity contribution in [1.82, 2.24) is 4.90 Å². The van der Waals surface area contributed by atoms with Crippen LogP contribution in [0.4, 0.5) is 5.69 Å². The van der Waals surface area contributed by atoms with E-state index in [-0.39, 0.29) is 18.9 Å². The van der Waals surface area contributed by atoms with E-state index in [1.54, 1.807) is 24.3 Å². The summed E-state index contributed by atoms with van der Waals surface area (Å²) < 4.78 is 39.0. The Balaban J connectivity index is 1.17. The second-order valence-electron chi connectivity index (χ2n) is 11.0. The molecule has 5 aromatic carbocycles. The SMILES string of the molecule is CS(=O)(=O)N(Cc1ccccc1)c1cccc(C(=O)CN(CCOc2ccc3c(c2)oc2ccccc23)Cc2ccccc2)c1. The van der Waals surface area contributed by atoms with Gasteiger partial charge in [0, 0.05) is 35.5 Å². The maximum Gasteiger partial charge on any atom is 0.232 e. The van der Waals surface area contributed by atoms with Gasteiger partial charge >= 0.3 is 0 Å². The van der Waals surface area contributed by atoms with Crippen molar-refractivity contribution in [2.45, 2.75) is 13.1 Å². The third-order valence-electron chi connectivity index (χ3n) is 7.67. The Labute approximate surface area is 263 Å². The zero-order valence-corrected chi connectivity index (χ0v) is 25.8. The molecule has 1 heterocycles. The molecule has 0 atom stereocenters. The number of Topliss-reactive ketones (excluding diaryl/α,β-unsaturated/α-hetero) is 1. The summed E-state index contributed by atoms with van der Waals surface area (Å²) in [7, 11) is -3.59. The lowest BCUT2D eigenvalue weighted by molar-refractivity contribution is 0.0912. The van der Waals surface area contributed by atoms with Crippen molar-refractivity contribution >= 4 is 43.4 Å². The number of nitrogens with zero attached hydrogens (tertiary/aromatic N) is 2. The molecule has 0 aliphatic carbocycles. The fraction of sp³-hybridized carbons (Fsp3) is 0.162. The lowest BCUT2D eigenvalue weighted by Gasteiger charge is -2.24. The number of furan rings is 1. The van der Waals surface area contributed by atoms with Gasteiger partial charge in [-0.1, -0.05) is 91.0 Å². The van der Waals surface area contributed by atoms with Gasteiger partial charge in [-0.25, -0.2) is 8.42 Å². The maximum atomic E-state index is 13.6. The van der Waals surface area contributed by atoms with Crippen LogP contribution >= 0.6 is 0 Å². The van der Waals surface area contributed by atoms with Crippen LogP contribution in [0.2, 0.25) is 0 Å². The number of sulfonamides is 1. The van der Waals surface area contributed by atoms with Crippen molar-refractivity contribution in [2.24, 2.45) is 0 Å². The molecule has 45 heavy (non-hydrogen) atoms. The average Bonchev–Trinajstić information content (AvgIpc) is 3.42. The molecular weight excluding hydrogens is 584 g/mol. The molecule has 0 radical (unpaired) electrons. The standard InChI is InChI=1S/C37H34N2O5S/c1-45(41,42)39(26-29-13-6-3-7-14-29)31-16-10-15-30(23-31)35(40)27-38(25-28-11-4-2-5-12-28)21-22-43-32-19-20-34-33-17-8-9-18-36(33)44-37(34)24-32/h2-20,23-24H,21-22,25-27H2,1H3. The summed E-state index contributed by atoms with van der Waals surface area (Å²) in [4.78, 5) is 15.7. The van der Waals surface area contributed by atoms with E-state index in [1.807, 2.05) is 108 Å². The minimum absolute atomic E-state index is 0.107. The summed E-state index contributed by atoms with van der Waals surface area (Å²) in [5.41, 5.74) is 4.43.